The molecule has 0 fully saturated rings. The number of benzene rings is 2. The average molecular weight is 518 g/mol. The lowest BCUT2D eigenvalue weighted by molar-refractivity contribution is 0.0991. The second-order valence-electron chi connectivity index (χ2n) is 6.80. The monoisotopic (exact) mass is 518 g/mol. The average Bonchev–Trinajstić information content (AvgIpc) is 3.31. The number of amides is 1. The highest BCUT2D eigenvalue weighted by Gasteiger charge is 2.16. The van der Waals surface area contributed by atoms with Gasteiger partial charge in [0, 0.05) is 44.4 Å². The van der Waals surface area contributed by atoms with Gasteiger partial charge in [0.1, 0.15) is 0 Å². The van der Waals surface area contributed by atoms with E-state index in [1.54, 1.807) is 24.7 Å². The Kier molecular flexibility index (Phi) is 5.17. The highest BCUT2D eigenvalue weighted by molar-refractivity contribution is 14.1. The normalized spacial score (nSPS) is 10.9. The predicted octanol–water partition coefficient (Wildman–Crippen LogP) is 5.81. The van der Waals surface area contributed by atoms with E-state index in [-0.39, 0.29) is 5.89 Å². The van der Waals surface area contributed by atoms with Crippen LogP contribution < -0.4 is 5.32 Å². The highest BCUT2D eigenvalue weighted by Crippen LogP contribution is 2.32. The molecule has 0 unspecified atom stereocenters. The van der Waals surface area contributed by atoms with Crippen molar-refractivity contribution in [1.82, 2.24) is 15.0 Å². The zero-order valence-corrected chi connectivity index (χ0v) is 18.3. The first-order valence-electron chi connectivity index (χ1n) is 9.50. The van der Waals surface area contributed by atoms with Crippen molar-refractivity contribution in [3.8, 4) is 22.6 Å². The van der Waals surface area contributed by atoms with Crippen molar-refractivity contribution >= 4 is 45.0 Å². The third-order valence-electron chi connectivity index (χ3n) is 4.80. The smallest absolute Gasteiger partial charge is 0.311 e. The topological polar surface area (TPSA) is 80.9 Å². The van der Waals surface area contributed by atoms with E-state index < -0.39 is 5.91 Å². The maximum Gasteiger partial charge on any atom is 0.311 e. The minimum atomic E-state index is -0.423. The van der Waals surface area contributed by atoms with E-state index in [4.69, 9.17) is 4.42 Å². The van der Waals surface area contributed by atoms with Crippen LogP contribution in [0.1, 0.15) is 10.7 Å². The molecule has 2 aromatic carbocycles. The van der Waals surface area contributed by atoms with Gasteiger partial charge < -0.3 is 9.73 Å². The minimum Gasteiger partial charge on any atom is -0.432 e. The van der Waals surface area contributed by atoms with Gasteiger partial charge in [0.2, 0.25) is 0 Å². The van der Waals surface area contributed by atoms with Crippen LogP contribution in [0.4, 0.5) is 5.69 Å². The second-order valence-corrected chi connectivity index (χ2v) is 7.96. The summed E-state index contributed by atoms with van der Waals surface area (Å²) in [4.78, 5) is 25.5. The number of rotatable bonds is 4. The molecule has 3 heterocycles. The Balaban J connectivity index is 1.45. The predicted molar refractivity (Wildman–Crippen MR) is 128 cm³/mol. The van der Waals surface area contributed by atoms with Crippen LogP contribution in [0.5, 0.6) is 0 Å². The number of carbonyl (C=O) groups excluding carboxylic acids is 1. The van der Waals surface area contributed by atoms with Gasteiger partial charge in [-0.15, -0.1) is 0 Å². The summed E-state index contributed by atoms with van der Waals surface area (Å²) < 4.78 is 6.66. The van der Waals surface area contributed by atoms with Crippen LogP contribution in [0.3, 0.4) is 0 Å². The standard InChI is InChI=1S/C24H15IN4O2/c25-20-8-7-17(12-19(20)22-18-6-2-1-4-15(18)9-11-27-22)29-23(30)24-28-14-21(31-24)16-5-3-10-26-13-16/h1-14H,(H,29,30). The number of carbonyl (C=O) groups is 1. The fourth-order valence-corrected chi connectivity index (χ4v) is 3.92. The lowest BCUT2D eigenvalue weighted by atomic mass is 10.0. The van der Waals surface area contributed by atoms with Crippen LogP contribution in [0, 0.1) is 3.57 Å². The van der Waals surface area contributed by atoms with Gasteiger partial charge in [-0.3, -0.25) is 14.8 Å². The van der Waals surface area contributed by atoms with E-state index in [0.717, 1.165) is 31.2 Å². The summed E-state index contributed by atoms with van der Waals surface area (Å²) >= 11 is 2.28. The summed E-state index contributed by atoms with van der Waals surface area (Å²) in [6.07, 6.45) is 6.65. The molecule has 0 aliphatic carbocycles. The van der Waals surface area contributed by atoms with Crippen molar-refractivity contribution in [3.63, 3.8) is 0 Å². The Labute approximate surface area is 191 Å². The molecule has 0 bridgehead atoms. The van der Waals surface area contributed by atoms with Gasteiger partial charge in [0.25, 0.3) is 5.89 Å². The Morgan fingerprint density at radius 3 is 2.71 bits per heavy atom. The van der Waals surface area contributed by atoms with E-state index in [1.807, 2.05) is 48.5 Å². The van der Waals surface area contributed by atoms with Crippen molar-refractivity contribution in [2.24, 2.45) is 0 Å². The molecule has 1 N–H and O–H groups in total. The molecule has 0 aliphatic heterocycles. The molecule has 7 heteroatoms. The number of nitrogens with zero attached hydrogens (tertiary/aromatic N) is 3. The van der Waals surface area contributed by atoms with Crippen LogP contribution in [0.25, 0.3) is 33.4 Å². The van der Waals surface area contributed by atoms with Crippen LogP contribution in [0.2, 0.25) is 0 Å². The molecule has 150 valence electrons. The molecule has 3 aromatic heterocycles. The molecule has 0 saturated heterocycles. The van der Waals surface area contributed by atoms with Crippen LogP contribution >= 0.6 is 22.6 Å². The molecular weight excluding hydrogens is 503 g/mol. The second kappa shape index (κ2) is 8.27. The molecule has 5 aromatic rings. The summed E-state index contributed by atoms with van der Waals surface area (Å²) in [6.45, 7) is 0. The molecule has 0 spiro atoms. The van der Waals surface area contributed by atoms with Crippen molar-refractivity contribution in [3.05, 3.63) is 94.9 Å². The first-order chi connectivity index (χ1) is 15.2. The van der Waals surface area contributed by atoms with Gasteiger partial charge in [0.15, 0.2) is 5.76 Å². The van der Waals surface area contributed by atoms with E-state index in [9.17, 15) is 4.79 Å². The van der Waals surface area contributed by atoms with Crippen LogP contribution in [-0.2, 0) is 0 Å². The third-order valence-corrected chi connectivity index (χ3v) is 5.74. The number of hydrogen-bond donors (Lipinski definition) is 1. The van der Waals surface area contributed by atoms with Crippen molar-refractivity contribution in [2.75, 3.05) is 5.32 Å². The molecule has 0 atom stereocenters. The number of halogens is 1. The lowest BCUT2D eigenvalue weighted by Crippen LogP contribution is -2.12. The molecule has 6 nitrogen and oxygen atoms in total. The largest absolute Gasteiger partial charge is 0.432 e. The Morgan fingerprint density at radius 1 is 0.935 bits per heavy atom. The van der Waals surface area contributed by atoms with E-state index in [0.29, 0.717) is 11.4 Å². The Hall–Kier alpha value is -3.59. The summed E-state index contributed by atoms with van der Waals surface area (Å²) in [5, 5.41) is 5.03. The number of oxazole rings is 1. The Bertz CT molecular complexity index is 1390. The Morgan fingerprint density at radius 2 is 1.84 bits per heavy atom. The summed E-state index contributed by atoms with van der Waals surface area (Å²) in [6, 6.07) is 19.4. The zero-order valence-electron chi connectivity index (χ0n) is 16.1. The van der Waals surface area contributed by atoms with E-state index in [2.05, 4.69) is 48.9 Å². The molecule has 5 rings (SSSR count). The van der Waals surface area contributed by atoms with Gasteiger partial charge >= 0.3 is 5.91 Å². The van der Waals surface area contributed by atoms with Gasteiger partial charge in [-0.1, -0.05) is 24.3 Å². The van der Waals surface area contributed by atoms with E-state index in [1.165, 1.54) is 6.20 Å². The molecule has 0 aliphatic rings. The summed E-state index contributed by atoms with van der Waals surface area (Å²) in [7, 11) is 0. The number of hydrogen-bond acceptors (Lipinski definition) is 5. The maximum absolute atomic E-state index is 12.7. The van der Waals surface area contributed by atoms with Crippen molar-refractivity contribution in [1.29, 1.82) is 0 Å². The summed E-state index contributed by atoms with van der Waals surface area (Å²) in [5.41, 5.74) is 3.20. The van der Waals surface area contributed by atoms with Crippen molar-refractivity contribution in [2.45, 2.75) is 0 Å². The number of fused-ring (bicyclic) bond motifs is 1. The maximum atomic E-state index is 12.7. The fraction of sp³-hybridized carbons (Fsp3) is 0. The third kappa shape index (κ3) is 3.91. The minimum absolute atomic E-state index is 0.0118. The number of nitrogens with one attached hydrogen (secondary N) is 1. The zero-order chi connectivity index (χ0) is 21.2. The molecule has 0 radical (unpaired) electrons. The van der Waals surface area contributed by atoms with Crippen molar-refractivity contribution < 1.29 is 9.21 Å². The number of aromatic nitrogens is 3. The first kappa shape index (κ1) is 19.4. The van der Waals surface area contributed by atoms with Gasteiger partial charge in [-0.2, -0.15) is 0 Å². The molecule has 0 saturated carbocycles. The van der Waals surface area contributed by atoms with Gasteiger partial charge in [0.05, 0.1) is 11.9 Å². The fourth-order valence-electron chi connectivity index (χ4n) is 3.32. The van der Waals surface area contributed by atoms with Crippen LogP contribution in [0.15, 0.2) is 89.9 Å². The quantitative estimate of drug-likeness (QED) is 0.304. The molecular formula is C24H15IN4O2. The van der Waals surface area contributed by atoms with Gasteiger partial charge in [-0.25, -0.2) is 4.98 Å². The number of pyridine rings is 2. The highest BCUT2D eigenvalue weighted by atomic mass is 127. The van der Waals surface area contributed by atoms with Crippen LogP contribution in [-0.4, -0.2) is 20.9 Å². The van der Waals surface area contributed by atoms with E-state index >= 15 is 0 Å². The van der Waals surface area contributed by atoms with Gasteiger partial charge in [-0.05, 0) is 64.4 Å². The lowest BCUT2D eigenvalue weighted by Gasteiger charge is -2.10. The molecule has 31 heavy (non-hydrogen) atoms. The molecule has 1 amide bonds. The first-order valence-corrected chi connectivity index (χ1v) is 10.6. The number of anilines is 1. The SMILES string of the molecule is O=C(Nc1ccc(I)c(-c2nccc3ccccc23)c1)c1ncc(-c2cccnc2)o1. The summed E-state index contributed by atoms with van der Waals surface area (Å²) in [5.74, 6) is 0.0527.